The summed E-state index contributed by atoms with van der Waals surface area (Å²) in [6.45, 7) is 3.89. The van der Waals surface area contributed by atoms with Crippen LogP contribution in [0.2, 0.25) is 0 Å². The molecule has 23 heavy (non-hydrogen) atoms. The van der Waals surface area contributed by atoms with Crippen molar-refractivity contribution in [3.8, 4) is 0 Å². The molecule has 2 N–H and O–H groups in total. The van der Waals surface area contributed by atoms with E-state index in [4.69, 9.17) is 0 Å². The quantitative estimate of drug-likeness (QED) is 0.778. The van der Waals surface area contributed by atoms with Crippen molar-refractivity contribution in [2.45, 2.75) is 38.5 Å². The highest BCUT2D eigenvalue weighted by molar-refractivity contribution is 5.94. The highest BCUT2D eigenvalue weighted by atomic mass is 16.2. The maximum atomic E-state index is 12.4. The van der Waals surface area contributed by atoms with Crippen LogP contribution in [0.5, 0.6) is 0 Å². The molecule has 3 heterocycles. The number of pyridine rings is 1. The fourth-order valence-electron chi connectivity index (χ4n) is 2.68. The van der Waals surface area contributed by atoms with E-state index >= 15 is 0 Å². The highest BCUT2D eigenvalue weighted by Gasteiger charge is 2.26. The SMILES string of the molecule is Cc1ccn2cc([C@H](C)C(=O)Nc3cc(C4CC4)[nH]n3)nc2c1. The number of aromatic amines is 1. The van der Waals surface area contributed by atoms with Gasteiger partial charge in [-0.15, -0.1) is 0 Å². The average molecular weight is 309 g/mol. The monoisotopic (exact) mass is 309 g/mol. The molecule has 1 fully saturated rings. The van der Waals surface area contributed by atoms with Gasteiger partial charge in [0.25, 0.3) is 0 Å². The molecule has 3 aromatic rings. The lowest BCUT2D eigenvalue weighted by molar-refractivity contribution is -0.117. The maximum Gasteiger partial charge on any atom is 0.234 e. The summed E-state index contributed by atoms with van der Waals surface area (Å²) in [4.78, 5) is 17.0. The van der Waals surface area contributed by atoms with Crippen molar-refractivity contribution < 1.29 is 4.79 Å². The van der Waals surface area contributed by atoms with E-state index in [0.717, 1.165) is 22.6 Å². The minimum atomic E-state index is -0.337. The zero-order chi connectivity index (χ0) is 16.0. The molecule has 0 radical (unpaired) electrons. The number of fused-ring (bicyclic) bond motifs is 1. The number of amides is 1. The zero-order valence-corrected chi connectivity index (χ0v) is 13.2. The molecule has 118 valence electrons. The molecule has 6 heteroatoms. The first-order valence-electron chi connectivity index (χ1n) is 7.91. The number of nitrogens with one attached hydrogen (secondary N) is 2. The lowest BCUT2D eigenvalue weighted by Gasteiger charge is -2.07. The van der Waals surface area contributed by atoms with Gasteiger partial charge in [-0.3, -0.25) is 9.89 Å². The fraction of sp³-hybridized carbons (Fsp3) is 0.353. The van der Waals surface area contributed by atoms with E-state index in [1.807, 2.05) is 48.8 Å². The van der Waals surface area contributed by atoms with E-state index in [2.05, 4.69) is 20.5 Å². The number of hydrogen-bond acceptors (Lipinski definition) is 3. The molecule has 1 amide bonds. The molecule has 1 atom stereocenters. The van der Waals surface area contributed by atoms with Crippen molar-refractivity contribution in [3.05, 3.63) is 47.5 Å². The topological polar surface area (TPSA) is 75.1 Å². The van der Waals surface area contributed by atoms with E-state index in [1.54, 1.807) is 0 Å². The van der Waals surface area contributed by atoms with Gasteiger partial charge in [-0.05, 0) is 44.4 Å². The summed E-state index contributed by atoms with van der Waals surface area (Å²) in [6.07, 6.45) is 6.26. The van der Waals surface area contributed by atoms with Crippen LogP contribution in [0.1, 0.15) is 48.6 Å². The van der Waals surface area contributed by atoms with Crippen molar-refractivity contribution >= 4 is 17.4 Å². The van der Waals surface area contributed by atoms with Crippen LogP contribution in [0, 0.1) is 6.92 Å². The number of anilines is 1. The van der Waals surface area contributed by atoms with Crippen LogP contribution < -0.4 is 5.32 Å². The summed E-state index contributed by atoms with van der Waals surface area (Å²) in [5.74, 6) is 0.742. The summed E-state index contributed by atoms with van der Waals surface area (Å²) >= 11 is 0. The van der Waals surface area contributed by atoms with Crippen molar-refractivity contribution in [1.29, 1.82) is 0 Å². The molecule has 4 rings (SSSR count). The summed E-state index contributed by atoms with van der Waals surface area (Å²) in [7, 11) is 0. The normalized spacial score (nSPS) is 15.7. The van der Waals surface area contributed by atoms with Crippen molar-refractivity contribution in [1.82, 2.24) is 19.6 Å². The Hall–Kier alpha value is -2.63. The smallest absolute Gasteiger partial charge is 0.234 e. The lowest BCUT2D eigenvalue weighted by atomic mass is 10.1. The average Bonchev–Trinajstić information content (AvgIpc) is 3.13. The fourth-order valence-corrected chi connectivity index (χ4v) is 2.68. The molecule has 1 aliphatic rings. The molecule has 0 unspecified atom stereocenters. The maximum absolute atomic E-state index is 12.4. The first kappa shape index (κ1) is 14.0. The summed E-state index contributed by atoms with van der Waals surface area (Å²) in [6, 6.07) is 5.95. The standard InChI is InChI=1S/C17H19N5O/c1-10-5-6-22-9-14(18-16(22)7-10)11(2)17(23)19-15-8-13(20-21-15)12-3-4-12/h5-9,11-12H,3-4H2,1-2H3,(H2,19,20,21,23)/t11-/m0/s1. The molecule has 1 aliphatic carbocycles. The Bertz CT molecular complexity index is 874. The predicted octanol–water partition coefficient (Wildman–Crippen LogP) is 2.99. The number of aryl methyl sites for hydroxylation is 1. The number of H-pyrrole nitrogens is 1. The van der Waals surface area contributed by atoms with Gasteiger partial charge in [0.05, 0.1) is 11.6 Å². The van der Waals surface area contributed by atoms with Crippen LogP contribution in [0.3, 0.4) is 0 Å². The molecule has 0 aromatic carbocycles. The van der Waals surface area contributed by atoms with E-state index in [9.17, 15) is 4.79 Å². The largest absolute Gasteiger partial charge is 0.309 e. The van der Waals surface area contributed by atoms with Gasteiger partial charge in [0.2, 0.25) is 5.91 Å². The molecular weight excluding hydrogens is 290 g/mol. The van der Waals surface area contributed by atoms with Gasteiger partial charge in [-0.1, -0.05) is 0 Å². The second kappa shape index (κ2) is 5.22. The van der Waals surface area contributed by atoms with E-state index in [0.29, 0.717) is 11.7 Å². The number of rotatable bonds is 4. The van der Waals surface area contributed by atoms with Crippen molar-refractivity contribution in [2.24, 2.45) is 0 Å². The third-order valence-corrected chi connectivity index (χ3v) is 4.34. The van der Waals surface area contributed by atoms with Gasteiger partial charge in [-0.2, -0.15) is 5.10 Å². The molecule has 0 bridgehead atoms. The molecule has 0 spiro atoms. The molecule has 1 saturated carbocycles. The third kappa shape index (κ3) is 2.72. The number of nitrogens with zero attached hydrogens (tertiary/aromatic N) is 3. The van der Waals surface area contributed by atoms with Crippen molar-refractivity contribution in [2.75, 3.05) is 5.32 Å². The van der Waals surface area contributed by atoms with Crippen LogP contribution in [-0.2, 0) is 4.79 Å². The van der Waals surface area contributed by atoms with Crippen LogP contribution in [0.15, 0.2) is 30.6 Å². The van der Waals surface area contributed by atoms with E-state index < -0.39 is 0 Å². The van der Waals surface area contributed by atoms with Gasteiger partial charge in [-0.25, -0.2) is 4.98 Å². The van der Waals surface area contributed by atoms with Gasteiger partial charge < -0.3 is 9.72 Å². The van der Waals surface area contributed by atoms with E-state index in [-0.39, 0.29) is 11.8 Å². The Kier molecular flexibility index (Phi) is 3.18. The Labute approximate surface area is 133 Å². The Morgan fingerprint density at radius 2 is 2.26 bits per heavy atom. The van der Waals surface area contributed by atoms with Crippen LogP contribution >= 0.6 is 0 Å². The van der Waals surface area contributed by atoms with Crippen LogP contribution in [-0.4, -0.2) is 25.5 Å². The number of hydrogen-bond donors (Lipinski definition) is 2. The Morgan fingerprint density at radius 1 is 1.43 bits per heavy atom. The molecule has 3 aromatic heterocycles. The van der Waals surface area contributed by atoms with Gasteiger partial charge in [0.1, 0.15) is 5.65 Å². The van der Waals surface area contributed by atoms with Crippen molar-refractivity contribution in [3.63, 3.8) is 0 Å². The predicted molar refractivity (Wildman–Crippen MR) is 87.5 cm³/mol. The minimum Gasteiger partial charge on any atom is -0.309 e. The summed E-state index contributed by atoms with van der Waals surface area (Å²) in [5.41, 5.74) is 3.87. The minimum absolute atomic E-state index is 0.0982. The first-order chi connectivity index (χ1) is 11.1. The molecule has 0 aliphatic heterocycles. The van der Waals surface area contributed by atoms with Gasteiger partial charge in [0, 0.05) is 30.1 Å². The van der Waals surface area contributed by atoms with E-state index in [1.165, 1.54) is 12.8 Å². The van der Waals surface area contributed by atoms with Gasteiger partial charge >= 0.3 is 0 Å². The Morgan fingerprint density at radius 3 is 3.04 bits per heavy atom. The van der Waals surface area contributed by atoms with Crippen LogP contribution in [0.25, 0.3) is 5.65 Å². The number of aromatic nitrogens is 4. The first-order valence-corrected chi connectivity index (χ1v) is 7.91. The Balaban J connectivity index is 1.51. The molecular formula is C17H19N5O. The number of imidazole rings is 1. The number of carbonyl (C=O) groups is 1. The second-order valence-corrected chi connectivity index (χ2v) is 6.33. The summed E-state index contributed by atoms with van der Waals surface area (Å²) < 4.78 is 1.94. The lowest BCUT2D eigenvalue weighted by Crippen LogP contribution is -2.19. The second-order valence-electron chi connectivity index (χ2n) is 6.33. The third-order valence-electron chi connectivity index (χ3n) is 4.34. The molecule has 6 nitrogen and oxygen atoms in total. The zero-order valence-electron chi connectivity index (χ0n) is 13.2. The summed E-state index contributed by atoms with van der Waals surface area (Å²) in [5, 5.41) is 10.0. The van der Waals surface area contributed by atoms with Crippen LogP contribution in [0.4, 0.5) is 5.82 Å². The van der Waals surface area contributed by atoms with Gasteiger partial charge in [0.15, 0.2) is 5.82 Å². The highest BCUT2D eigenvalue weighted by Crippen LogP contribution is 2.39. The number of carbonyl (C=O) groups excluding carboxylic acids is 1. The molecule has 0 saturated heterocycles.